The molecule has 3 N–H and O–H groups in total. The van der Waals surface area contributed by atoms with E-state index in [1.54, 1.807) is 0 Å². The fourth-order valence-electron chi connectivity index (χ4n) is 9.45. The highest BCUT2D eigenvalue weighted by Crippen LogP contribution is 2.68. The minimum atomic E-state index is -5.67. The zero-order valence-electron chi connectivity index (χ0n) is 23.9. The van der Waals surface area contributed by atoms with Gasteiger partial charge in [0.05, 0.1) is 18.0 Å². The Bertz CT molecular complexity index is 1200. The molecule has 41 heavy (non-hydrogen) atoms. The molecule has 0 spiro atoms. The van der Waals surface area contributed by atoms with Gasteiger partial charge in [0.1, 0.15) is 0 Å². The van der Waals surface area contributed by atoms with Gasteiger partial charge in [-0.2, -0.15) is 30.0 Å². The highest BCUT2D eigenvalue weighted by atomic mass is 32.2. The number of aliphatic hydroxyl groups is 1. The number of amides is 1. The molecule has 4 rings (SSSR count). The van der Waals surface area contributed by atoms with Crippen LogP contribution < -0.4 is 5.32 Å². The largest absolute Gasteiger partial charge is 0.523 e. The first kappa shape index (κ1) is 32.9. The van der Waals surface area contributed by atoms with E-state index >= 15 is 0 Å². The van der Waals surface area contributed by atoms with Crippen LogP contribution in [-0.4, -0.2) is 62.4 Å². The predicted octanol–water partition coefficient (Wildman–Crippen LogP) is 4.27. The van der Waals surface area contributed by atoms with Crippen molar-refractivity contribution in [3.8, 4) is 0 Å². The molecule has 0 heterocycles. The summed E-state index contributed by atoms with van der Waals surface area (Å²) in [6, 6.07) is 0. The molecule has 0 aromatic heterocycles. The summed E-state index contributed by atoms with van der Waals surface area (Å²) in [6.45, 7) is 6.46. The lowest BCUT2D eigenvalue weighted by atomic mass is 9.43. The third kappa shape index (κ3) is 6.61. The van der Waals surface area contributed by atoms with E-state index in [-0.39, 0.29) is 72.1 Å². The maximum Gasteiger partial charge on any atom is 0.523 e. The third-order valence-corrected chi connectivity index (χ3v) is 13.3. The van der Waals surface area contributed by atoms with E-state index in [1.807, 2.05) is 0 Å². The average molecular weight is 632 g/mol. The quantitative estimate of drug-likeness (QED) is 0.194. The second kappa shape index (κ2) is 11.5. The fraction of sp³-hybridized carbons (Fsp3) is 0.963. The first-order valence-corrected chi connectivity index (χ1v) is 17.7. The molecular formula is C27H44F3NO8S2. The Balaban J connectivity index is 1.39. The Morgan fingerprint density at radius 2 is 1.66 bits per heavy atom. The van der Waals surface area contributed by atoms with Crippen LogP contribution in [0.2, 0.25) is 0 Å². The molecule has 10 atom stereocenters. The number of hydrogen-bond acceptors (Lipinski definition) is 7. The fourth-order valence-corrected chi connectivity index (χ4v) is 10.4. The molecule has 4 aliphatic carbocycles. The molecule has 0 aromatic carbocycles. The van der Waals surface area contributed by atoms with Crippen LogP contribution in [0.1, 0.15) is 85.0 Å². The second-order valence-electron chi connectivity index (χ2n) is 13.6. The lowest BCUT2D eigenvalue weighted by molar-refractivity contribution is -0.173. The molecular weight excluding hydrogens is 587 g/mol. The van der Waals surface area contributed by atoms with Crippen molar-refractivity contribution < 1.29 is 48.6 Å². The highest BCUT2D eigenvalue weighted by Gasteiger charge is 2.63. The molecule has 0 aliphatic heterocycles. The van der Waals surface area contributed by atoms with Crippen molar-refractivity contribution >= 4 is 26.1 Å². The van der Waals surface area contributed by atoms with Crippen LogP contribution >= 0.6 is 0 Å². The molecule has 1 unspecified atom stereocenters. The van der Waals surface area contributed by atoms with Crippen LogP contribution in [0.4, 0.5) is 13.2 Å². The van der Waals surface area contributed by atoms with Gasteiger partial charge in [0.15, 0.2) is 0 Å². The molecule has 9 nitrogen and oxygen atoms in total. The topological polar surface area (TPSA) is 147 Å². The number of halogens is 3. The van der Waals surface area contributed by atoms with Crippen molar-refractivity contribution in [2.24, 2.45) is 46.3 Å². The number of aliphatic hydroxyl groups excluding tert-OH is 1. The van der Waals surface area contributed by atoms with Crippen molar-refractivity contribution in [2.45, 2.75) is 103 Å². The Labute approximate surface area is 241 Å². The van der Waals surface area contributed by atoms with E-state index in [0.29, 0.717) is 25.2 Å². The van der Waals surface area contributed by atoms with E-state index in [1.165, 1.54) is 0 Å². The van der Waals surface area contributed by atoms with Crippen LogP contribution in [0.5, 0.6) is 0 Å². The van der Waals surface area contributed by atoms with E-state index in [2.05, 4.69) is 30.3 Å². The van der Waals surface area contributed by atoms with Crippen molar-refractivity contribution in [1.29, 1.82) is 0 Å². The lowest BCUT2D eigenvalue weighted by Crippen LogP contribution is -2.59. The summed E-state index contributed by atoms with van der Waals surface area (Å²) in [5, 5.41) is 14.0. The molecule has 0 saturated heterocycles. The number of hydrogen-bond donors (Lipinski definition) is 3. The van der Waals surface area contributed by atoms with Crippen LogP contribution in [-0.2, 0) is 29.2 Å². The average Bonchev–Trinajstić information content (AvgIpc) is 3.19. The number of rotatable bonds is 9. The second-order valence-corrected chi connectivity index (χ2v) is 16.7. The van der Waals surface area contributed by atoms with Crippen molar-refractivity contribution in [1.82, 2.24) is 5.32 Å². The zero-order valence-corrected chi connectivity index (χ0v) is 25.5. The summed E-state index contributed by atoms with van der Waals surface area (Å²) < 4.78 is 97.1. The summed E-state index contributed by atoms with van der Waals surface area (Å²) in [6.07, 6.45) is 4.39. The lowest BCUT2D eigenvalue weighted by Gasteiger charge is -2.62. The monoisotopic (exact) mass is 631 g/mol. The summed E-state index contributed by atoms with van der Waals surface area (Å²) >= 11 is 0. The summed E-state index contributed by atoms with van der Waals surface area (Å²) in [5.74, 6) is 0.222. The summed E-state index contributed by atoms with van der Waals surface area (Å²) in [4.78, 5) is 12.2. The number of nitrogens with one attached hydrogen (secondary N) is 1. The standard InChI is InChI=1S/C27H44F3NO8S2/c1-16(4-7-23(33)31-12-13-40(34,35)36)19-5-6-20-24-21(9-11-26(19,20)3)25(2)10-8-18(14-17(25)15-22(24)32)39-41(37,38)27(28,29)30/h16-22,24,32H,4-15H2,1-3H3,(H,31,33)(H,34,35,36)/t16-,17?,18-,19-,20+,21+,22+,24+,25+,26-/m1/s1. The first-order valence-electron chi connectivity index (χ1n) is 14.7. The Morgan fingerprint density at radius 1 is 1.02 bits per heavy atom. The summed E-state index contributed by atoms with van der Waals surface area (Å²) in [5.41, 5.74) is -5.69. The Morgan fingerprint density at radius 3 is 2.29 bits per heavy atom. The molecule has 238 valence electrons. The number of fused-ring (bicyclic) bond motifs is 5. The van der Waals surface area contributed by atoms with Gasteiger partial charge in [-0.15, -0.1) is 0 Å². The SMILES string of the molecule is C[C@H](CCC(=O)NCCS(=O)(=O)O)[C@H]1CC[C@H]2[C@@H]3[C@@H](O)CC4C[C@H](OS(=O)(=O)C(F)(F)F)CC[C@]4(C)[C@H]3CC[C@]12C. The molecule has 0 bridgehead atoms. The van der Waals surface area contributed by atoms with Crippen LogP contribution in [0, 0.1) is 46.3 Å². The zero-order chi connectivity index (χ0) is 30.6. The van der Waals surface area contributed by atoms with Crippen molar-refractivity contribution in [2.75, 3.05) is 12.3 Å². The van der Waals surface area contributed by atoms with Gasteiger partial charge in [0, 0.05) is 13.0 Å². The maximum atomic E-state index is 12.9. The number of carbonyl (C=O) groups is 1. The number of alkyl halides is 3. The number of carbonyl (C=O) groups excluding carboxylic acids is 1. The molecule has 4 aliphatic rings. The molecule has 4 saturated carbocycles. The molecule has 1 amide bonds. The molecule has 14 heteroatoms. The van der Waals surface area contributed by atoms with Crippen molar-refractivity contribution in [3.63, 3.8) is 0 Å². The highest BCUT2D eigenvalue weighted by molar-refractivity contribution is 7.87. The summed E-state index contributed by atoms with van der Waals surface area (Å²) in [7, 11) is -9.80. The van der Waals surface area contributed by atoms with Gasteiger partial charge >= 0.3 is 15.6 Å². The van der Waals surface area contributed by atoms with Gasteiger partial charge in [-0.1, -0.05) is 20.8 Å². The normalized spacial score (nSPS) is 40.2. The van der Waals surface area contributed by atoms with Gasteiger partial charge in [0.25, 0.3) is 10.1 Å². The third-order valence-electron chi connectivity index (χ3n) is 11.5. The smallest absolute Gasteiger partial charge is 0.393 e. The van der Waals surface area contributed by atoms with E-state index in [9.17, 15) is 39.9 Å². The minimum absolute atomic E-state index is 0.0205. The Kier molecular flexibility index (Phi) is 9.25. The molecule has 0 radical (unpaired) electrons. The minimum Gasteiger partial charge on any atom is -0.393 e. The van der Waals surface area contributed by atoms with Gasteiger partial charge in [0.2, 0.25) is 5.91 Å². The van der Waals surface area contributed by atoms with E-state index in [4.69, 9.17) is 4.55 Å². The van der Waals surface area contributed by atoms with Crippen LogP contribution in [0.3, 0.4) is 0 Å². The predicted molar refractivity (Wildman–Crippen MR) is 144 cm³/mol. The van der Waals surface area contributed by atoms with Crippen molar-refractivity contribution in [3.05, 3.63) is 0 Å². The van der Waals surface area contributed by atoms with Crippen LogP contribution in [0.15, 0.2) is 0 Å². The van der Waals surface area contributed by atoms with Gasteiger partial charge < -0.3 is 10.4 Å². The molecule has 0 aromatic rings. The molecule has 4 fully saturated rings. The van der Waals surface area contributed by atoms with Crippen LogP contribution in [0.25, 0.3) is 0 Å². The maximum absolute atomic E-state index is 12.9. The van der Waals surface area contributed by atoms with E-state index < -0.39 is 43.7 Å². The Hall–Kier alpha value is -0.960. The van der Waals surface area contributed by atoms with Gasteiger partial charge in [-0.25, -0.2) is 0 Å². The van der Waals surface area contributed by atoms with E-state index in [0.717, 1.165) is 25.7 Å². The van der Waals surface area contributed by atoms with Gasteiger partial charge in [-0.3, -0.25) is 13.5 Å². The first-order chi connectivity index (χ1) is 18.8. The van der Waals surface area contributed by atoms with Gasteiger partial charge in [-0.05, 0) is 104 Å².